The lowest BCUT2D eigenvalue weighted by Gasteiger charge is -2.10. The van der Waals surface area contributed by atoms with E-state index in [1.54, 1.807) is 0 Å². The zero-order chi connectivity index (χ0) is 15.6. The number of nitro benzene ring substituents is 1. The molecule has 1 aromatic rings. The monoisotopic (exact) mass is 313 g/mol. The van der Waals surface area contributed by atoms with E-state index in [2.05, 4.69) is 5.32 Å². The van der Waals surface area contributed by atoms with Gasteiger partial charge in [0.1, 0.15) is 5.56 Å². The summed E-state index contributed by atoms with van der Waals surface area (Å²) in [7, 11) is -3.75. The normalized spacial score (nSPS) is 12.2. The van der Waals surface area contributed by atoms with Crippen LogP contribution in [0.25, 0.3) is 0 Å². The van der Waals surface area contributed by atoms with Crippen molar-refractivity contribution in [3.63, 3.8) is 0 Å². The van der Waals surface area contributed by atoms with E-state index in [1.807, 2.05) is 0 Å². The lowest BCUT2D eigenvalue weighted by molar-refractivity contribution is -0.388. The molecule has 0 heterocycles. The molecule has 0 aromatic heterocycles. The van der Waals surface area contributed by atoms with Crippen LogP contribution >= 0.6 is 0 Å². The first kappa shape index (κ1) is 16.2. The van der Waals surface area contributed by atoms with Crippen molar-refractivity contribution < 1.29 is 26.5 Å². The molecule has 3 N–H and O–H groups in total. The Morgan fingerprint density at radius 3 is 2.40 bits per heavy atom. The molecule has 112 valence electrons. The van der Waals surface area contributed by atoms with Crippen LogP contribution in [0.2, 0.25) is 0 Å². The number of sulfonamides is 1. The summed E-state index contributed by atoms with van der Waals surface area (Å²) >= 11 is 0. The second-order valence-corrected chi connectivity index (χ2v) is 5.51. The fraction of sp³-hybridized carbons (Fsp3) is 0.333. The van der Waals surface area contributed by atoms with Crippen molar-refractivity contribution in [2.45, 2.75) is 6.18 Å². The summed E-state index contributed by atoms with van der Waals surface area (Å²) in [6.07, 6.45) is -4.89. The lowest BCUT2D eigenvalue weighted by Crippen LogP contribution is -2.22. The van der Waals surface area contributed by atoms with E-state index in [-0.39, 0.29) is 12.2 Å². The lowest BCUT2D eigenvalue weighted by atomic mass is 10.1. The molecule has 20 heavy (non-hydrogen) atoms. The molecule has 7 nitrogen and oxygen atoms in total. The van der Waals surface area contributed by atoms with Crippen molar-refractivity contribution in [1.29, 1.82) is 0 Å². The van der Waals surface area contributed by atoms with Crippen molar-refractivity contribution in [2.75, 3.05) is 17.6 Å². The number of nitrogens with one attached hydrogen (secondary N) is 1. The summed E-state index contributed by atoms with van der Waals surface area (Å²) < 4.78 is 59.3. The van der Waals surface area contributed by atoms with Crippen LogP contribution in [0, 0.1) is 10.1 Å². The molecule has 1 aromatic carbocycles. The molecule has 11 heteroatoms. The number of anilines is 1. The van der Waals surface area contributed by atoms with Gasteiger partial charge in [0.05, 0.1) is 10.7 Å². The number of nitrogens with zero attached hydrogens (tertiary/aromatic N) is 1. The van der Waals surface area contributed by atoms with Gasteiger partial charge < -0.3 is 5.32 Å². The van der Waals surface area contributed by atoms with Crippen molar-refractivity contribution in [3.05, 3.63) is 33.9 Å². The zero-order valence-electron chi connectivity index (χ0n) is 9.85. The molecular formula is C9H10F3N3O4S. The van der Waals surface area contributed by atoms with Gasteiger partial charge in [0.15, 0.2) is 0 Å². The van der Waals surface area contributed by atoms with Gasteiger partial charge >= 0.3 is 6.18 Å². The maximum absolute atomic E-state index is 12.7. The summed E-state index contributed by atoms with van der Waals surface area (Å²) in [6, 6.07) is 2.29. The molecule has 0 saturated heterocycles. The van der Waals surface area contributed by atoms with Gasteiger partial charge in [-0.3, -0.25) is 10.1 Å². The minimum Gasteiger partial charge on any atom is -0.384 e. The number of halogens is 3. The van der Waals surface area contributed by atoms with Crippen LogP contribution in [-0.2, 0) is 16.2 Å². The first-order valence-corrected chi connectivity index (χ1v) is 6.82. The maximum atomic E-state index is 12.7. The van der Waals surface area contributed by atoms with Gasteiger partial charge in [0, 0.05) is 18.3 Å². The van der Waals surface area contributed by atoms with E-state index in [1.165, 1.54) is 0 Å². The number of primary sulfonamides is 1. The Hall–Kier alpha value is -1.88. The van der Waals surface area contributed by atoms with Gasteiger partial charge in [-0.2, -0.15) is 13.2 Å². The Bertz CT molecular complexity index is 615. The number of alkyl halides is 3. The summed E-state index contributed by atoms with van der Waals surface area (Å²) in [4.78, 5) is 9.37. The van der Waals surface area contributed by atoms with Crippen molar-refractivity contribution in [1.82, 2.24) is 0 Å². The molecule has 0 amide bonds. The highest BCUT2D eigenvalue weighted by Crippen LogP contribution is 2.37. The fourth-order valence-electron chi connectivity index (χ4n) is 1.37. The molecular weight excluding hydrogens is 303 g/mol. The molecule has 0 bridgehead atoms. The average molecular weight is 313 g/mol. The number of hydrogen-bond acceptors (Lipinski definition) is 5. The van der Waals surface area contributed by atoms with Crippen LogP contribution in [0.5, 0.6) is 0 Å². The van der Waals surface area contributed by atoms with Crippen LogP contribution in [0.3, 0.4) is 0 Å². The minimum absolute atomic E-state index is 0.0911. The van der Waals surface area contributed by atoms with Crippen LogP contribution in [-0.4, -0.2) is 25.6 Å². The Morgan fingerprint density at radius 2 is 1.95 bits per heavy atom. The second-order valence-electron chi connectivity index (χ2n) is 3.78. The summed E-state index contributed by atoms with van der Waals surface area (Å²) in [5.41, 5.74) is -2.58. The van der Waals surface area contributed by atoms with Gasteiger partial charge in [0.2, 0.25) is 10.0 Å². The molecule has 0 aliphatic carbocycles. The maximum Gasteiger partial charge on any atom is 0.423 e. The highest BCUT2D eigenvalue weighted by Gasteiger charge is 2.38. The smallest absolute Gasteiger partial charge is 0.384 e. The van der Waals surface area contributed by atoms with Crippen LogP contribution in [0.4, 0.5) is 24.5 Å². The highest BCUT2D eigenvalue weighted by molar-refractivity contribution is 7.89. The van der Waals surface area contributed by atoms with E-state index in [0.717, 1.165) is 6.07 Å². The number of hydrogen-bond donors (Lipinski definition) is 2. The molecule has 0 saturated carbocycles. The summed E-state index contributed by atoms with van der Waals surface area (Å²) in [5.74, 6) is -0.481. The van der Waals surface area contributed by atoms with Crippen LogP contribution in [0.1, 0.15) is 5.56 Å². The van der Waals surface area contributed by atoms with E-state index < -0.39 is 38.1 Å². The first-order valence-electron chi connectivity index (χ1n) is 5.10. The predicted molar refractivity (Wildman–Crippen MR) is 64.6 cm³/mol. The van der Waals surface area contributed by atoms with Crippen molar-refractivity contribution in [2.24, 2.45) is 5.14 Å². The molecule has 1 rings (SSSR count). The molecule has 0 aliphatic rings. The minimum atomic E-state index is -4.89. The standard InChI is InChI=1S/C9H10F3N3O4S/c10-9(11,12)7-5-6(1-2-8(7)15(16)17)14-3-4-20(13,18)19/h1-2,5,14H,3-4H2,(H2,13,18,19). The van der Waals surface area contributed by atoms with E-state index in [4.69, 9.17) is 5.14 Å². The molecule has 0 radical (unpaired) electrons. The molecule has 0 spiro atoms. The van der Waals surface area contributed by atoms with Crippen molar-refractivity contribution >= 4 is 21.4 Å². The first-order chi connectivity index (χ1) is 9.00. The van der Waals surface area contributed by atoms with Crippen molar-refractivity contribution in [3.8, 4) is 0 Å². The molecule has 0 unspecified atom stereocenters. The SMILES string of the molecule is NS(=O)(=O)CCNc1ccc([N+](=O)[O-])c(C(F)(F)F)c1. The predicted octanol–water partition coefficient (Wildman–Crippen LogP) is 1.31. The molecule has 0 fully saturated rings. The number of nitrogens with two attached hydrogens (primary N) is 1. The quantitative estimate of drug-likeness (QED) is 0.628. The Labute approximate surface area is 111 Å². The van der Waals surface area contributed by atoms with Gasteiger partial charge in [-0.1, -0.05) is 0 Å². The Morgan fingerprint density at radius 1 is 1.35 bits per heavy atom. The van der Waals surface area contributed by atoms with Crippen LogP contribution < -0.4 is 10.5 Å². The third-order valence-electron chi connectivity index (χ3n) is 2.21. The summed E-state index contributed by atoms with van der Waals surface area (Å²) in [6.45, 7) is -0.214. The second kappa shape index (κ2) is 5.63. The molecule has 0 atom stereocenters. The van der Waals surface area contributed by atoms with E-state index in [0.29, 0.717) is 12.1 Å². The van der Waals surface area contributed by atoms with E-state index in [9.17, 15) is 31.7 Å². The number of rotatable bonds is 5. The zero-order valence-corrected chi connectivity index (χ0v) is 10.7. The number of nitro groups is 1. The Kier molecular flexibility index (Phi) is 4.55. The van der Waals surface area contributed by atoms with Gasteiger partial charge in [-0.15, -0.1) is 0 Å². The average Bonchev–Trinajstić information content (AvgIpc) is 2.25. The highest BCUT2D eigenvalue weighted by atomic mass is 32.2. The largest absolute Gasteiger partial charge is 0.423 e. The Balaban J connectivity index is 2.99. The third-order valence-corrected chi connectivity index (χ3v) is 2.99. The number of benzene rings is 1. The third kappa shape index (κ3) is 4.66. The van der Waals surface area contributed by atoms with Gasteiger partial charge in [0.25, 0.3) is 5.69 Å². The van der Waals surface area contributed by atoms with Gasteiger partial charge in [-0.05, 0) is 12.1 Å². The fourth-order valence-corrected chi connectivity index (χ4v) is 1.76. The van der Waals surface area contributed by atoms with E-state index >= 15 is 0 Å². The van der Waals surface area contributed by atoms with Gasteiger partial charge in [-0.25, -0.2) is 13.6 Å². The summed E-state index contributed by atoms with van der Waals surface area (Å²) in [5, 5.41) is 17.6. The van der Waals surface area contributed by atoms with Crippen LogP contribution in [0.15, 0.2) is 18.2 Å². The molecule has 0 aliphatic heterocycles. The topological polar surface area (TPSA) is 115 Å².